The summed E-state index contributed by atoms with van der Waals surface area (Å²) in [6.07, 6.45) is 19.4. The average Bonchev–Trinajstić information content (AvgIpc) is 3.08. The van der Waals surface area contributed by atoms with Gasteiger partial charge in [-0.2, -0.15) is 4.98 Å². The maximum Gasteiger partial charge on any atom is 0.307 e. The number of imidazole rings is 1. The molecule has 2 heterocycles. The maximum atomic E-state index is 9.37. The molecule has 6 nitrogen and oxygen atoms in total. The van der Waals surface area contributed by atoms with Crippen molar-refractivity contribution in [2.75, 3.05) is 5.48 Å². The highest BCUT2D eigenvalue weighted by atomic mass is 79.9. The van der Waals surface area contributed by atoms with Gasteiger partial charge in [-0.05, 0) is 73.1 Å². The Labute approximate surface area is 209 Å². The number of hydrogen-bond acceptors (Lipinski definition) is 4. The van der Waals surface area contributed by atoms with Gasteiger partial charge < -0.3 is 17.0 Å². The molecule has 0 bridgehead atoms. The van der Waals surface area contributed by atoms with Crippen LogP contribution in [0, 0.1) is 0 Å². The van der Waals surface area contributed by atoms with Gasteiger partial charge in [-0.25, -0.2) is 10.0 Å². The van der Waals surface area contributed by atoms with E-state index in [0.717, 1.165) is 49.7 Å². The van der Waals surface area contributed by atoms with Crippen LogP contribution in [-0.2, 0) is 13.6 Å². The second-order valence-corrected chi connectivity index (χ2v) is 8.93. The van der Waals surface area contributed by atoms with E-state index >= 15 is 0 Å². The van der Waals surface area contributed by atoms with E-state index in [2.05, 4.69) is 74.4 Å². The molecule has 0 saturated heterocycles. The molecule has 2 rings (SSSR count). The normalized spacial score (nSPS) is 12.6. The molecular formula is C26H40BrN5O. The highest BCUT2D eigenvalue weighted by molar-refractivity contribution is 5.80. The largest absolute Gasteiger partial charge is 1.00 e. The molecule has 182 valence electrons. The molecule has 0 aliphatic carbocycles. The first-order chi connectivity index (χ1) is 15.3. The molecule has 0 unspecified atom stereocenters. The Morgan fingerprint density at radius 1 is 0.909 bits per heavy atom. The van der Waals surface area contributed by atoms with Crippen molar-refractivity contribution >= 4 is 17.0 Å². The van der Waals surface area contributed by atoms with Crippen LogP contribution in [0.5, 0.6) is 0 Å². The SMILES string of the molecule is CC(C)=CCC/C(C)=C/CC/C(C)=C/CC/C(C)=C/Cn1c[n+](C)c2ncnc(NO)c21.[Br-]. The minimum absolute atomic E-state index is 0. The molecule has 2 aromatic heterocycles. The quantitative estimate of drug-likeness (QED) is 0.257. The number of fused-ring (bicyclic) bond motifs is 1. The van der Waals surface area contributed by atoms with Gasteiger partial charge in [-0.3, -0.25) is 9.77 Å². The Morgan fingerprint density at radius 3 is 2.00 bits per heavy atom. The standard InChI is InChI=1S/C26H40N5O.BrH/c1-20(2)10-7-11-21(3)12-8-13-22(4)14-9-15-23(5)16-17-31-19-30(6)26-24(31)25(29-32)27-18-28-26;/h10,12,14,16,18-19,32H,7-9,11,13,15,17H2,1-6H3,(H,27,28,29);1H/q+1;/p-1/b21-12+,22-14+,23-16+;. The molecular weight excluding hydrogens is 478 g/mol. The van der Waals surface area contributed by atoms with Crippen LogP contribution in [-0.4, -0.2) is 19.7 Å². The predicted octanol–water partition coefficient (Wildman–Crippen LogP) is 3.21. The van der Waals surface area contributed by atoms with Crippen LogP contribution in [0.3, 0.4) is 0 Å². The van der Waals surface area contributed by atoms with Crippen molar-refractivity contribution in [2.24, 2.45) is 7.05 Å². The summed E-state index contributed by atoms with van der Waals surface area (Å²) in [5.74, 6) is 0.418. The van der Waals surface area contributed by atoms with Crippen LogP contribution < -0.4 is 27.0 Å². The molecule has 0 aliphatic rings. The minimum Gasteiger partial charge on any atom is -1.00 e. The fraction of sp³-hybridized carbons (Fsp3) is 0.500. The number of aromatic nitrogens is 4. The predicted molar refractivity (Wildman–Crippen MR) is 133 cm³/mol. The van der Waals surface area contributed by atoms with Crippen LogP contribution in [0.15, 0.2) is 59.3 Å². The molecule has 0 aromatic carbocycles. The van der Waals surface area contributed by atoms with Crippen LogP contribution in [0.25, 0.3) is 11.2 Å². The molecule has 0 aliphatic heterocycles. The Hall–Kier alpha value is -2.25. The first-order valence-corrected chi connectivity index (χ1v) is 11.5. The van der Waals surface area contributed by atoms with Gasteiger partial charge in [0.25, 0.3) is 0 Å². The van der Waals surface area contributed by atoms with Gasteiger partial charge in [0.1, 0.15) is 0 Å². The highest BCUT2D eigenvalue weighted by Crippen LogP contribution is 2.18. The Balaban J connectivity index is 0.00000544. The summed E-state index contributed by atoms with van der Waals surface area (Å²) in [5, 5.41) is 9.37. The second kappa shape index (κ2) is 14.8. The van der Waals surface area contributed by atoms with E-state index in [-0.39, 0.29) is 17.0 Å². The first kappa shape index (κ1) is 28.8. The zero-order valence-electron chi connectivity index (χ0n) is 21.0. The van der Waals surface area contributed by atoms with Crippen molar-refractivity contribution < 1.29 is 26.8 Å². The summed E-state index contributed by atoms with van der Waals surface area (Å²) in [6, 6.07) is 0. The van der Waals surface area contributed by atoms with Crippen molar-refractivity contribution in [3.05, 3.63) is 59.3 Å². The van der Waals surface area contributed by atoms with Crippen LogP contribution in [0.4, 0.5) is 5.82 Å². The average molecular weight is 519 g/mol. The summed E-state index contributed by atoms with van der Waals surface area (Å²) >= 11 is 0. The van der Waals surface area contributed by atoms with E-state index in [0.29, 0.717) is 12.4 Å². The number of allylic oxidation sites excluding steroid dienone is 8. The second-order valence-electron chi connectivity index (χ2n) is 8.93. The molecule has 0 atom stereocenters. The lowest BCUT2D eigenvalue weighted by atomic mass is 10.0. The van der Waals surface area contributed by atoms with Crippen molar-refractivity contribution in [1.29, 1.82) is 0 Å². The van der Waals surface area contributed by atoms with E-state index in [9.17, 15) is 5.21 Å². The lowest BCUT2D eigenvalue weighted by molar-refractivity contribution is -0.647. The van der Waals surface area contributed by atoms with Crippen molar-refractivity contribution in [2.45, 2.75) is 79.7 Å². The van der Waals surface area contributed by atoms with Gasteiger partial charge in [0.15, 0.2) is 18.5 Å². The van der Waals surface area contributed by atoms with E-state index in [1.54, 1.807) is 0 Å². The topological polar surface area (TPSA) is 66.9 Å². The smallest absolute Gasteiger partial charge is 0.307 e. The first-order valence-electron chi connectivity index (χ1n) is 11.5. The lowest BCUT2D eigenvalue weighted by Crippen LogP contribution is -3.00. The lowest BCUT2D eigenvalue weighted by Gasteiger charge is -2.03. The van der Waals surface area contributed by atoms with E-state index < -0.39 is 0 Å². The zero-order valence-corrected chi connectivity index (χ0v) is 22.6. The molecule has 0 saturated carbocycles. The molecule has 0 fully saturated rings. The molecule has 2 aromatic rings. The third kappa shape index (κ3) is 9.64. The minimum atomic E-state index is 0. The Bertz CT molecular complexity index is 1010. The van der Waals surface area contributed by atoms with Gasteiger partial charge in [0, 0.05) is 0 Å². The fourth-order valence-corrected chi connectivity index (χ4v) is 3.68. The summed E-state index contributed by atoms with van der Waals surface area (Å²) in [5.41, 5.74) is 9.45. The summed E-state index contributed by atoms with van der Waals surface area (Å²) in [6.45, 7) is 11.7. The summed E-state index contributed by atoms with van der Waals surface area (Å²) in [4.78, 5) is 8.42. The van der Waals surface area contributed by atoms with Gasteiger partial charge >= 0.3 is 5.65 Å². The fourth-order valence-electron chi connectivity index (χ4n) is 3.68. The molecule has 0 radical (unpaired) electrons. The van der Waals surface area contributed by atoms with Crippen molar-refractivity contribution in [3.63, 3.8) is 0 Å². The third-order valence-electron chi connectivity index (χ3n) is 5.63. The van der Waals surface area contributed by atoms with E-state index in [1.165, 1.54) is 28.6 Å². The molecule has 0 spiro atoms. The van der Waals surface area contributed by atoms with E-state index in [4.69, 9.17) is 0 Å². The van der Waals surface area contributed by atoms with Gasteiger partial charge in [0.05, 0.1) is 13.6 Å². The number of halogens is 1. The monoisotopic (exact) mass is 517 g/mol. The van der Waals surface area contributed by atoms with Crippen LogP contribution in [0.2, 0.25) is 0 Å². The number of nitrogens with zero attached hydrogens (tertiary/aromatic N) is 4. The Kier molecular flexibility index (Phi) is 12.9. The van der Waals surface area contributed by atoms with Crippen molar-refractivity contribution in [3.8, 4) is 0 Å². The molecule has 0 amide bonds. The number of aryl methyl sites for hydroxylation is 1. The maximum absolute atomic E-state index is 9.37. The highest BCUT2D eigenvalue weighted by Gasteiger charge is 2.18. The number of rotatable bonds is 12. The summed E-state index contributed by atoms with van der Waals surface area (Å²) in [7, 11) is 1.94. The number of anilines is 1. The van der Waals surface area contributed by atoms with Gasteiger partial charge in [-0.15, -0.1) is 0 Å². The third-order valence-corrected chi connectivity index (χ3v) is 5.63. The van der Waals surface area contributed by atoms with E-state index in [1.807, 2.05) is 22.5 Å². The summed E-state index contributed by atoms with van der Waals surface area (Å²) < 4.78 is 3.98. The van der Waals surface area contributed by atoms with Gasteiger partial charge in [0.2, 0.25) is 5.52 Å². The number of hydrogen-bond donors (Lipinski definition) is 2. The van der Waals surface area contributed by atoms with Gasteiger partial charge in [-0.1, -0.05) is 51.6 Å². The molecule has 33 heavy (non-hydrogen) atoms. The zero-order chi connectivity index (χ0) is 23.5. The molecule has 2 N–H and O–H groups in total. The van der Waals surface area contributed by atoms with Crippen LogP contribution in [0.1, 0.15) is 73.1 Å². The number of nitrogens with one attached hydrogen (secondary N) is 1. The molecule has 7 heteroatoms. The van der Waals surface area contributed by atoms with Crippen molar-refractivity contribution in [1.82, 2.24) is 14.5 Å². The van der Waals surface area contributed by atoms with Crippen LogP contribution >= 0.6 is 0 Å². The Morgan fingerprint density at radius 2 is 1.45 bits per heavy atom.